The molecule has 0 aliphatic rings. The Kier molecular flexibility index (Phi) is 4.69. The highest BCUT2D eigenvalue weighted by atomic mass is 32.2. The molecule has 0 spiro atoms. The number of aromatic nitrogens is 2. The molecule has 1 heterocycles. The summed E-state index contributed by atoms with van der Waals surface area (Å²) in [6.07, 6.45) is 4.55. The van der Waals surface area contributed by atoms with E-state index < -0.39 is 0 Å². The minimum absolute atomic E-state index is 0.610. The molecular weight excluding hydrogens is 196 g/mol. The highest BCUT2D eigenvalue weighted by Gasteiger charge is 2.02. The van der Waals surface area contributed by atoms with Crippen LogP contribution in [0.1, 0.15) is 20.3 Å². The molecule has 0 bridgehead atoms. The first-order valence-corrected chi connectivity index (χ1v) is 5.66. The van der Waals surface area contributed by atoms with E-state index in [1.54, 1.807) is 24.2 Å². The predicted octanol–water partition coefficient (Wildman–Crippen LogP) is 1.90. The first kappa shape index (κ1) is 11.3. The largest absolute Gasteiger partial charge is 0.307 e. The summed E-state index contributed by atoms with van der Waals surface area (Å²) >= 11 is 1.71. The first-order valence-electron chi connectivity index (χ1n) is 4.67. The number of rotatable bonds is 5. The maximum Gasteiger partial charge on any atom is 0.159 e. The molecule has 3 N–H and O–H groups in total. The fourth-order valence-electron chi connectivity index (χ4n) is 0.833. The van der Waals surface area contributed by atoms with E-state index in [4.69, 9.17) is 5.84 Å². The lowest BCUT2D eigenvalue weighted by Gasteiger charge is -2.07. The minimum Gasteiger partial charge on any atom is -0.307 e. The molecule has 0 fully saturated rings. The molecule has 0 aliphatic heterocycles. The maximum absolute atomic E-state index is 5.24. The van der Waals surface area contributed by atoms with E-state index in [9.17, 15) is 0 Å². The lowest BCUT2D eigenvalue weighted by atomic mass is 10.2. The van der Waals surface area contributed by atoms with Gasteiger partial charge in [-0.15, -0.1) is 11.8 Å². The first-order chi connectivity index (χ1) is 6.76. The predicted molar refractivity (Wildman–Crippen MR) is 60.0 cm³/mol. The Labute approximate surface area is 88.7 Å². The second-order valence-corrected chi connectivity index (χ2v) is 4.25. The van der Waals surface area contributed by atoms with Crippen molar-refractivity contribution in [2.75, 3.05) is 11.2 Å². The van der Waals surface area contributed by atoms with Gasteiger partial charge in [-0.3, -0.25) is 4.98 Å². The van der Waals surface area contributed by atoms with Crippen LogP contribution in [0.2, 0.25) is 0 Å². The zero-order valence-corrected chi connectivity index (χ0v) is 9.34. The number of nitrogens with two attached hydrogens (primary N) is 1. The third-order valence-corrected chi connectivity index (χ3v) is 3.20. The van der Waals surface area contributed by atoms with Gasteiger partial charge >= 0.3 is 0 Å². The van der Waals surface area contributed by atoms with Gasteiger partial charge in [0.25, 0.3) is 0 Å². The molecule has 4 nitrogen and oxygen atoms in total. The van der Waals surface area contributed by atoms with E-state index in [-0.39, 0.29) is 0 Å². The molecule has 1 aromatic heterocycles. The van der Waals surface area contributed by atoms with Crippen molar-refractivity contribution < 1.29 is 0 Å². The van der Waals surface area contributed by atoms with Crippen LogP contribution in [0.4, 0.5) is 5.82 Å². The second kappa shape index (κ2) is 5.82. The van der Waals surface area contributed by atoms with Crippen molar-refractivity contribution in [2.24, 2.45) is 11.8 Å². The van der Waals surface area contributed by atoms with Crippen molar-refractivity contribution >= 4 is 17.6 Å². The molecule has 0 saturated heterocycles. The number of hydrazine groups is 1. The molecule has 5 heteroatoms. The van der Waals surface area contributed by atoms with E-state index in [0.29, 0.717) is 11.7 Å². The Bertz CT molecular complexity index is 279. The molecule has 0 aromatic carbocycles. The van der Waals surface area contributed by atoms with E-state index in [0.717, 1.165) is 10.8 Å². The monoisotopic (exact) mass is 212 g/mol. The van der Waals surface area contributed by atoms with E-state index in [1.165, 1.54) is 6.42 Å². The van der Waals surface area contributed by atoms with Crippen LogP contribution in [0.15, 0.2) is 17.4 Å². The van der Waals surface area contributed by atoms with E-state index in [1.807, 2.05) is 0 Å². The fourth-order valence-corrected chi connectivity index (χ4v) is 1.82. The van der Waals surface area contributed by atoms with Crippen LogP contribution in [0.25, 0.3) is 0 Å². The summed E-state index contributed by atoms with van der Waals surface area (Å²) in [5.41, 5.74) is 2.48. The lowest BCUT2D eigenvalue weighted by molar-refractivity contribution is 0.636. The maximum atomic E-state index is 5.24. The molecule has 1 aromatic rings. The Morgan fingerprint density at radius 3 is 3.00 bits per heavy atom. The number of nitrogens with one attached hydrogen (secondary N) is 1. The van der Waals surface area contributed by atoms with Crippen molar-refractivity contribution in [2.45, 2.75) is 25.3 Å². The topological polar surface area (TPSA) is 63.8 Å². The third kappa shape index (κ3) is 3.51. The molecule has 14 heavy (non-hydrogen) atoms. The Balaban J connectivity index is 2.50. The molecule has 0 amide bonds. The third-order valence-electron chi connectivity index (χ3n) is 1.97. The van der Waals surface area contributed by atoms with Crippen molar-refractivity contribution in [3.63, 3.8) is 0 Å². The molecule has 0 saturated carbocycles. The molecule has 1 atom stereocenters. The van der Waals surface area contributed by atoms with Gasteiger partial charge < -0.3 is 5.43 Å². The van der Waals surface area contributed by atoms with Gasteiger partial charge in [-0.2, -0.15) is 0 Å². The summed E-state index contributed by atoms with van der Waals surface area (Å²) in [6, 6.07) is 0. The van der Waals surface area contributed by atoms with Crippen LogP contribution in [-0.2, 0) is 0 Å². The Morgan fingerprint density at radius 1 is 1.57 bits per heavy atom. The minimum atomic E-state index is 0.610. The van der Waals surface area contributed by atoms with Crippen LogP contribution < -0.4 is 11.3 Å². The summed E-state index contributed by atoms with van der Waals surface area (Å²) in [6.45, 7) is 4.42. The van der Waals surface area contributed by atoms with Crippen LogP contribution in [0.5, 0.6) is 0 Å². The molecule has 1 unspecified atom stereocenters. The standard InChI is InChI=1S/C9H16N4S/c1-3-7(2)6-14-9-5-11-4-8(12-9)13-10/h4-5,7H,3,6,10H2,1-2H3,(H,12,13). The molecule has 0 radical (unpaired) electrons. The molecule has 1 rings (SSSR count). The molecular formula is C9H16N4S. The number of anilines is 1. The lowest BCUT2D eigenvalue weighted by Crippen LogP contribution is -2.09. The average molecular weight is 212 g/mol. The molecule has 78 valence electrons. The molecule has 0 aliphatic carbocycles. The van der Waals surface area contributed by atoms with Gasteiger partial charge in [-0.1, -0.05) is 20.3 Å². The zero-order valence-electron chi connectivity index (χ0n) is 8.53. The van der Waals surface area contributed by atoms with Crippen LogP contribution >= 0.6 is 11.8 Å². The quantitative estimate of drug-likeness (QED) is 0.443. The number of thioether (sulfide) groups is 1. The number of hydrogen-bond acceptors (Lipinski definition) is 5. The summed E-state index contributed by atoms with van der Waals surface area (Å²) in [4.78, 5) is 8.30. The van der Waals surface area contributed by atoms with Crippen molar-refractivity contribution in [3.8, 4) is 0 Å². The smallest absolute Gasteiger partial charge is 0.159 e. The summed E-state index contributed by atoms with van der Waals surface area (Å²) in [7, 11) is 0. The highest BCUT2D eigenvalue weighted by Crippen LogP contribution is 2.19. The Hall–Kier alpha value is -0.810. The van der Waals surface area contributed by atoms with Gasteiger partial charge in [0.05, 0.1) is 12.4 Å². The SMILES string of the molecule is CCC(C)CSc1cncc(NN)n1. The van der Waals surface area contributed by atoms with Crippen molar-refractivity contribution in [1.82, 2.24) is 9.97 Å². The van der Waals surface area contributed by atoms with Gasteiger partial charge in [0.1, 0.15) is 5.03 Å². The summed E-state index contributed by atoms with van der Waals surface area (Å²) in [5, 5.41) is 0.917. The highest BCUT2D eigenvalue weighted by molar-refractivity contribution is 7.99. The van der Waals surface area contributed by atoms with E-state index in [2.05, 4.69) is 29.2 Å². The number of hydrogen-bond donors (Lipinski definition) is 2. The average Bonchev–Trinajstić information content (AvgIpc) is 2.26. The van der Waals surface area contributed by atoms with E-state index >= 15 is 0 Å². The fraction of sp³-hybridized carbons (Fsp3) is 0.556. The van der Waals surface area contributed by atoms with Crippen LogP contribution in [0.3, 0.4) is 0 Å². The van der Waals surface area contributed by atoms with Gasteiger partial charge in [-0.05, 0) is 5.92 Å². The number of nitrogens with zero attached hydrogens (tertiary/aromatic N) is 2. The summed E-state index contributed by atoms with van der Waals surface area (Å²) in [5.74, 6) is 7.62. The van der Waals surface area contributed by atoms with Gasteiger partial charge in [0, 0.05) is 5.75 Å². The normalized spacial score (nSPS) is 12.5. The summed E-state index contributed by atoms with van der Waals surface area (Å²) < 4.78 is 0. The van der Waals surface area contributed by atoms with Crippen LogP contribution in [0, 0.1) is 5.92 Å². The van der Waals surface area contributed by atoms with Crippen molar-refractivity contribution in [1.29, 1.82) is 0 Å². The van der Waals surface area contributed by atoms with Gasteiger partial charge in [-0.25, -0.2) is 10.8 Å². The van der Waals surface area contributed by atoms with Gasteiger partial charge in [0.2, 0.25) is 0 Å². The van der Waals surface area contributed by atoms with Crippen molar-refractivity contribution in [3.05, 3.63) is 12.4 Å². The second-order valence-electron chi connectivity index (χ2n) is 3.21. The number of nitrogen functional groups attached to an aromatic ring is 1. The Morgan fingerprint density at radius 2 is 2.36 bits per heavy atom. The van der Waals surface area contributed by atoms with Gasteiger partial charge in [0.15, 0.2) is 5.82 Å². The van der Waals surface area contributed by atoms with Crippen LogP contribution in [-0.4, -0.2) is 15.7 Å². The zero-order chi connectivity index (χ0) is 10.4.